The first-order valence-electron chi connectivity index (χ1n) is 2.56. The Morgan fingerprint density at radius 3 is 2.88 bits per heavy atom. The van der Waals surface area contributed by atoms with Crippen LogP contribution in [0.4, 0.5) is 0 Å². The Balaban J connectivity index is 2.34. The molecule has 0 radical (unpaired) electrons. The molecule has 0 aromatic rings. The molecule has 0 bridgehead atoms. The van der Waals surface area contributed by atoms with Crippen LogP contribution in [0.2, 0.25) is 0 Å². The van der Waals surface area contributed by atoms with Crippen molar-refractivity contribution in [2.24, 2.45) is 0 Å². The Bertz CT molecular complexity index is 99.8. The third kappa shape index (κ3) is 1.96. The van der Waals surface area contributed by atoms with Crippen LogP contribution in [-0.4, -0.2) is 21.0 Å². The van der Waals surface area contributed by atoms with Crippen LogP contribution in [0.1, 0.15) is 6.92 Å². The zero-order valence-corrected chi connectivity index (χ0v) is 7.17. The smallest absolute Gasteiger partial charge is 0.0580 e. The molecule has 0 amide bonds. The van der Waals surface area contributed by atoms with Gasteiger partial charge in [-0.2, -0.15) is 11.8 Å². The van der Waals surface area contributed by atoms with Gasteiger partial charge in [-0.05, 0) is 0 Å². The lowest BCUT2D eigenvalue weighted by molar-refractivity contribution is 1.14. The van der Waals surface area contributed by atoms with Crippen molar-refractivity contribution in [3.05, 3.63) is 0 Å². The molecule has 0 N–H and O–H groups in total. The minimum absolute atomic E-state index is 0.751. The van der Waals surface area contributed by atoms with Gasteiger partial charge in [-0.1, -0.05) is 19.1 Å². The Kier molecular flexibility index (Phi) is 2.66. The summed E-state index contributed by atoms with van der Waals surface area (Å²) in [5, 5.41) is 0.751. The van der Waals surface area contributed by atoms with Crippen molar-refractivity contribution < 1.29 is 0 Å². The van der Waals surface area contributed by atoms with Crippen LogP contribution in [0.3, 0.4) is 0 Å². The van der Waals surface area contributed by atoms with E-state index >= 15 is 0 Å². The van der Waals surface area contributed by atoms with Crippen LogP contribution in [0, 0.1) is 0 Å². The molecular formula is C5H8S3. The van der Waals surface area contributed by atoms with Gasteiger partial charge in [0, 0.05) is 16.8 Å². The van der Waals surface area contributed by atoms with E-state index < -0.39 is 0 Å². The summed E-state index contributed by atoms with van der Waals surface area (Å²) in [6.45, 7) is 2.23. The van der Waals surface area contributed by atoms with Gasteiger partial charge in [0.15, 0.2) is 0 Å². The third-order valence-electron chi connectivity index (χ3n) is 0.905. The number of rotatable bonds is 0. The van der Waals surface area contributed by atoms with Crippen LogP contribution in [-0.2, 0) is 0 Å². The Hall–Kier alpha value is 0.790. The molecular weight excluding hydrogens is 156 g/mol. The summed E-state index contributed by atoms with van der Waals surface area (Å²) in [7, 11) is 0. The zero-order valence-electron chi connectivity index (χ0n) is 4.72. The van der Waals surface area contributed by atoms with Crippen LogP contribution in [0.15, 0.2) is 0 Å². The molecule has 0 aliphatic carbocycles. The highest BCUT2D eigenvalue weighted by Crippen LogP contribution is 2.25. The number of hydrogen-bond donors (Lipinski definition) is 0. The number of thiocarbonyl (C=S) groups is 1. The normalized spacial score (nSPS) is 30.6. The Morgan fingerprint density at radius 2 is 2.50 bits per heavy atom. The van der Waals surface area contributed by atoms with Crippen molar-refractivity contribution in [3.63, 3.8) is 0 Å². The van der Waals surface area contributed by atoms with E-state index in [1.807, 2.05) is 23.5 Å². The molecule has 3 heteroatoms. The van der Waals surface area contributed by atoms with Gasteiger partial charge in [0.1, 0.15) is 0 Å². The van der Waals surface area contributed by atoms with Gasteiger partial charge in [0.05, 0.1) is 4.20 Å². The third-order valence-corrected chi connectivity index (χ3v) is 4.12. The summed E-state index contributed by atoms with van der Waals surface area (Å²) in [4.78, 5) is 0. The molecule has 0 aromatic carbocycles. The van der Waals surface area contributed by atoms with Gasteiger partial charge in [-0.3, -0.25) is 0 Å². The van der Waals surface area contributed by atoms with E-state index in [0.29, 0.717) is 0 Å². The second kappa shape index (κ2) is 3.08. The van der Waals surface area contributed by atoms with Gasteiger partial charge in [-0.25, -0.2) is 0 Å². The SMILES string of the molecule is CC1CSCC(=S)S1. The summed E-state index contributed by atoms with van der Waals surface area (Å²) >= 11 is 8.83. The fourth-order valence-corrected chi connectivity index (χ4v) is 3.49. The van der Waals surface area contributed by atoms with E-state index in [2.05, 4.69) is 6.92 Å². The van der Waals surface area contributed by atoms with Crippen molar-refractivity contribution in [2.45, 2.75) is 12.2 Å². The van der Waals surface area contributed by atoms with Gasteiger partial charge >= 0.3 is 0 Å². The first kappa shape index (κ1) is 6.90. The van der Waals surface area contributed by atoms with E-state index in [-0.39, 0.29) is 0 Å². The highest BCUT2D eigenvalue weighted by atomic mass is 32.2. The lowest BCUT2D eigenvalue weighted by Crippen LogP contribution is -2.12. The molecule has 1 atom stereocenters. The minimum Gasteiger partial charge on any atom is -0.155 e. The van der Waals surface area contributed by atoms with E-state index in [9.17, 15) is 0 Å². The van der Waals surface area contributed by atoms with Crippen LogP contribution in [0.25, 0.3) is 0 Å². The molecule has 1 aliphatic heterocycles. The monoisotopic (exact) mass is 164 g/mol. The highest BCUT2D eigenvalue weighted by Gasteiger charge is 2.12. The molecule has 1 saturated heterocycles. The van der Waals surface area contributed by atoms with Crippen molar-refractivity contribution in [3.8, 4) is 0 Å². The van der Waals surface area contributed by atoms with Crippen molar-refractivity contribution in [1.29, 1.82) is 0 Å². The molecule has 0 aromatic heterocycles. The predicted octanol–water partition coefficient (Wildman–Crippen LogP) is 2.18. The molecule has 0 saturated carbocycles. The summed E-state index contributed by atoms with van der Waals surface area (Å²) < 4.78 is 1.17. The molecule has 1 heterocycles. The van der Waals surface area contributed by atoms with Crippen LogP contribution in [0.5, 0.6) is 0 Å². The van der Waals surface area contributed by atoms with Crippen molar-refractivity contribution in [2.75, 3.05) is 11.5 Å². The largest absolute Gasteiger partial charge is 0.155 e. The Morgan fingerprint density at radius 1 is 1.75 bits per heavy atom. The molecule has 46 valence electrons. The average Bonchev–Trinajstić information content (AvgIpc) is 1.64. The molecule has 1 aliphatic rings. The quantitative estimate of drug-likeness (QED) is 0.504. The Labute approximate surface area is 63.8 Å². The molecule has 1 rings (SSSR count). The van der Waals surface area contributed by atoms with Gasteiger partial charge in [-0.15, -0.1) is 11.8 Å². The van der Waals surface area contributed by atoms with E-state index in [1.165, 1.54) is 9.95 Å². The van der Waals surface area contributed by atoms with Gasteiger partial charge < -0.3 is 0 Å². The lowest BCUT2D eigenvalue weighted by Gasteiger charge is -2.16. The summed E-state index contributed by atoms with van der Waals surface area (Å²) in [6, 6.07) is 0. The average molecular weight is 164 g/mol. The fourth-order valence-electron chi connectivity index (χ4n) is 0.601. The van der Waals surface area contributed by atoms with E-state index in [0.717, 1.165) is 11.0 Å². The number of hydrogen-bond acceptors (Lipinski definition) is 3. The van der Waals surface area contributed by atoms with E-state index in [1.54, 1.807) is 0 Å². The standard InChI is InChI=1S/C5H8S3/c1-4-2-7-3-5(6)8-4/h4H,2-3H2,1H3. The molecule has 1 fully saturated rings. The lowest BCUT2D eigenvalue weighted by atomic mass is 10.6. The maximum Gasteiger partial charge on any atom is 0.0580 e. The molecule has 0 nitrogen and oxygen atoms in total. The second-order valence-electron chi connectivity index (χ2n) is 1.82. The molecule has 8 heavy (non-hydrogen) atoms. The van der Waals surface area contributed by atoms with E-state index in [4.69, 9.17) is 12.2 Å². The highest BCUT2D eigenvalue weighted by molar-refractivity contribution is 8.26. The van der Waals surface area contributed by atoms with Crippen LogP contribution >= 0.6 is 35.7 Å². The topological polar surface area (TPSA) is 0 Å². The maximum absolute atomic E-state index is 5.02. The zero-order chi connectivity index (χ0) is 5.98. The van der Waals surface area contributed by atoms with Crippen molar-refractivity contribution in [1.82, 2.24) is 0 Å². The second-order valence-corrected chi connectivity index (χ2v) is 5.13. The predicted molar refractivity (Wildman–Crippen MR) is 47.0 cm³/mol. The summed E-state index contributed by atoms with van der Waals surface area (Å²) in [5.41, 5.74) is 0. The molecule has 0 spiro atoms. The van der Waals surface area contributed by atoms with Gasteiger partial charge in [0.2, 0.25) is 0 Å². The summed E-state index contributed by atoms with van der Waals surface area (Å²) in [5.74, 6) is 2.36. The van der Waals surface area contributed by atoms with Crippen molar-refractivity contribution >= 4 is 39.9 Å². The number of thioether (sulfide) groups is 2. The fraction of sp³-hybridized carbons (Fsp3) is 0.800. The molecule has 1 unspecified atom stereocenters. The minimum atomic E-state index is 0.751. The first-order valence-corrected chi connectivity index (χ1v) is 5.00. The first-order chi connectivity index (χ1) is 3.79. The summed E-state index contributed by atoms with van der Waals surface area (Å²) in [6.07, 6.45) is 0. The van der Waals surface area contributed by atoms with Crippen LogP contribution < -0.4 is 0 Å². The maximum atomic E-state index is 5.02. The van der Waals surface area contributed by atoms with Gasteiger partial charge in [0.25, 0.3) is 0 Å².